The SMILES string of the molecule is COc1cc(OC)c(F)c(-c2cc3cnc(-c4cncc(F)c4)nc3c(N3CCOCC3)n2)c1F. The van der Waals surface area contributed by atoms with Gasteiger partial charge in [-0.2, -0.15) is 0 Å². The molecule has 0 aliphatic carbocycles. The fourth-order valence-corrected chi connectivity index (χ4v) is 3.93. The first-order valence-electron chi connectivity index (χ1n) is 10.7. The molecule has 8 nitrogen and oxygen atoms in total. The highest BCUT2D eigenvalue weighted by molar-refractivity contribution is 5.92. The van der Waals surface area contributed by atoms with Crippen LogP contribution in [0.15, 0.2) is 36.8 Å². The molecule has 4 aromatic rings. The lowest BCUT2D eigenvalue weighted by atomic mass is 10.1. The molecule has 0 unspecified atom stereocenters. The summed E-state index contributed by atoms with van der Waals surface area (Å²) >= 11 is 0. The Kier molecular flexibility index (Phi) is 6.08. The summed E-state index contributed by atoms with van der Waals surface area (Å²) < 4.78 is 59.9. The Morgan fingerprint density at radius 2 is 1.60 bits per heavy atom. The summed E-state index contributed by atoms with van der Waals surface area (Å²) in [5.74, 6) is -2.06. The summed E-state index contributed by atoms with van der Waals surface area (Å²) in [7, 11) is 2.56. The van der Waals surface area contributed by atoms with E-state index in [1.54, 1.807) is 0 Å². The molecule has 0 bridgehead atoms. The van der Waals surface area contributed by atoms with Crippen LogP contribution in [-0.2, 0) is 4.74 Å². The van der Waals surface area contributed by atoms with Crippen LogP contribution in [0.5, 0.6) is 11.5 Å². The maximum absolute atomic E-state index is 15.3. The Balaban J connectivity index is 1.75. The second-order valence-electron chi connectivity index (χ2n) is 7.74. The van der Waals surface area contributed by atoms with Gasteiger partial charge in [0.2, 0.25) is 0 Å². The average Bonchev–Trinajstić information content (AvgIpc) is 2.89. The third-order valence-electron chi connectivity index (χ3n) is 5.65. The number of nitrogens with zero attached hydrogens (tertiary/aromatic N) is 5. The smallest absolute Gasteiger partial charge is 0.177 e. The van der Waals surface area contributed by atoms with E-state index in [0.717, 1.165) is 12.3 Å². The third kappa shape index (κ3) is 4.18. The summed E-state index contributed by atoms with van der Waals surface area (Å²) in [5.41, 5.74) is 0.463. The van der Waals surface area contributed by atoms with Crippen LogP contribution in [0.4, 0.5) is 19.0 Å². The third-order valence-corrected chi connectivity index (χ3v) is 5.65. The molecule has 35 heavy (non-hydrogen) atoms. The van der Waals surface area contributed by atoms with Crippen molar-refractivity contribution < 1.29 is 27.4 Å². The topological polar surface area (TPSA) is 82.5 Å². The first-order valence-corrected chi connectivity index (χ1v) is 10.7. The molecule has 0 atom stereocenters. The summed E-state index contributed by atoms with van der Waals surface area (Å²) in [6.45, 7) is 1.90. The van der Waals surface area contributed by atoms with Gasteiger partial charge in [-0.25, -0.2) is 28.1 Å². The number of pyridine rings is 2. The van der Waals surface area contributed by atoms with Crippen LogP contribution >= 0.6 is 0 Å². The second-order valence-corrected chi connectivity index (χ2v) is 7.74. The molecule has 0 saturated carbocycles. The lowest BCUT2D eigenvalue weighted by Gasteiger charge is -2.29. The van der Waals surface area contributed by atoms with Gasteiger partial charge in [-0.1, -0.05) is 0 Å². The number of methoxy groups -OCH3 is 2. The molecular weight excluding hydrogens is 463 g/mol. The van der Waals surface area contributed by atoms with E-state index >= 15 is 8.78 Å². The number of hydrogen-bond acceptors (Lipinski definition) is 8. The van der Waals surface area contributed by atoms with Crippen molar-refractivity contribution in [1.29, 1.82) is 0 Å². The highest BCUT2D eigenvalue weighted by atomic mass is 19.1. The van der Waals surface area contributed by atoms with Gasteiger partial charge in [0.05, 0.1) is 44.9 Å². The van der Waals surface area contributed by atoms with Crippen molar-refractivity contribution in [2.24, 2.45) is 0 Å². The molecule has 5 rings (SSSR count). The molecule has 0 amide bonds. The minimum atomic E-state index is -0.908. The van der Waals surface area contributed by atoms with Crippen LogP contribution in [0.1, 0.15) is 0 Å². The monoisotopic (exact) mass is 483 g/mol. The fraction of sp³-hybridized carbons (Fsp3) is 0.250. The molecule has 3 aromatic heterocycles. The average molecular weight is 483 g/mol. The number of morpholine rings is 1. The summed E-state index contributed by atoms with van der Waals surface area (Å²) in [4.78, 5) is 19.3. The predicted molar refractivity (Wildman–Crippen MR) is 122 cm³/mol. The van der Waals surface area contributed by atoms with Gasteiger partial charge in [-0.3, -0.25) is 4.98 Å². The number of fused-ring (bicyclic) bond motifs is 1. The van der Waals surface area contributed by atoms with Crippen molar-refractivity contribution >= 4 is 16.7 Å². The summed E-state index contributed by atoms with van der Waals surface area (Å²) in [5, 5.41) is 0.491. The highest BCUT2D eigenvalue weighted by Crippen LogP contribution is 2.39. The Bertz CT molecular complexity index is 1390. The van der Waals surface area contributed by atoms with Gasteiger partial charge in [0.1, 0.15) is 11.3 Å². The zero-order chi connectivity index (χ0) is 24.5. The molecule has 1 aromatic carbocycles. The standard InChI is InChI=1S/C24H20F3N5O3/c1-33-17-9-18(34-2)21(27)19(20(17)26)16-8-13-11-29-23(14-7-15(25)12-28-10-14)31-22(13)24(30-16)32-3-5-35-6-4-32/h7-12H,3-6H2,1-2H3. The Morgan fingerprint density at radius 3 is 2.26 bits per heavy atom. The van der Waals surface area contributed by atoms with Crippen molar-refractivity contribution in [3.8, 4) is 34.1 Å². The molecule has 1 saturated heterocycles. The number of ether oxygens (including phenoxy) is 3. The zero-order valence-electron chi connectivity index (χ0n) is 18.9. The number of aromatic nitrogens is 4. The number of benzene rings is 1. The van der Waals surface area contributed by atoms with E-state index in [9.17, 15) is 4.39 Å². The summed E-state index contributed by atoms with van der Waals surface area (Å²) in [6, 6.07) is 3.91. The lowest BCUT2D eigenvalue weighted by Crippen LogP contribution is -2.37. The van der Waals surface area contributed by atoms with Crippen LogP contribution in [0.2, 0.25) is 0 Å². The van der Waals surface area contributed by atoms with Crippen molar-refractivity contribution in [3.05, 3.63) is 54.2 Å². The van der Waals surface area contributed by atoms with E-state index in [1.807, 2.05) is 4.90 Å². The normalized spacial score (nSPS) is 13.8. The fourth-order valence-electron chi connectivity index (χ4n) is 3.93. The van der Waals surface area contributed by atoms with Crippen molar-refractivity contribution in [2.45, 2.75) is 0 Å². The molecule has 1 fully saturated rings. The molecule has 180 valence electrons. The van der Waals surface area contributed by atoms with Gasteiger partial charge in [-0.05, 0) is 12.1 Å². The quantitative estimate of drug-likeness (QED) is 0.421. The van der Waals surface area contributed by atoms with E-state index in [0.29, 0.717) is 48.6 Å². The highest BCUT2D eigenvalue weighted by Gasteiger charge is 2.26. The van der Waals surface area contributed by atoms with E-state index in [1.165, 1.54) is 38.7 Å². The first-order chi connectivity index (χ1) is 17.0. The lowest BCUT2D eigenvalue weighted by molar-refractivity contribution is 0.122. The number of anilines is 1. The maximum atomic E-state index is 15.3. The molecule has 0 spiro atoms. The van der Waals surface area contributed by atoms with E-state index < -0.39 is 23.0 Å². The molecular formula is C24H20F3N5O3. The van der Waals surface area contributed by atoms with E-state index in [4.69, 9.17) is 14.2 Å². The van der Waals surface area contributed by atoms with Crippen LogP contribution in [-0.4, -0.2) is 60.5 Å². The van der Waals surface area contributed by atoms with Gasteiger partial charge >= 0.3 is 0 Å². The van der Waals surface area contributed by atoms with Crippen LogP contribution in [0, 0.1) is 17.5 Å². The van der Waals surface area contributed by atoms with Gasteiger partial charge < -0.3 is 19.1 Å². The van der Waals surface area contributed by atoms with Crippen LogP contribution in [0.3, 0.4) is 0 Å². The minimum Gasteiger partial charge on any atom is -0.494 e. The van der Waals surface area contributed by atoms with Gasteiger partial charge in [0.25, 0.3) is 0 Å². The van der Waals surface area contributed by atoms with E-state index in [-0.39, 0.29) is 23.0 Å². The zero-order valence-corrected chi connectivity index (χ0v) is 18.9. The molecule has 4 heterocycles. The second kappa shape index (κ2) is 9.34. The van der Waals surface area contributed by atoms with Gasteiger partial charge in [0.15, 0.2) is 34.8 Å². The van der Waals surface area contributed by atoms with Crippen molar-refractivity contribution in [1.82, 2.24) is 19.9 Å². The molecule has 0 radical (unpaired) electrons. The van der Waals surface area contributed by atoms with E-state index in [2.05, 4.69) is 19.9 Å². The van der Waals surface area contributed by atoms with Gasteiger partial charge in [0, 0.05) is 42.5 Å². The summed E-state index contributed by atoms with van der Waals surface area (Å²) in [6.07, 6.45) is 4.04. The van der Waals surface area contributed by atoms with Crippen molar-refractivity contribution in [2.75, 3.05) is 45.4 Å². The Morgan fingerprint density at radius 1 is 0.886 bits per heavy atom. The van der Waals surface area contributed by atoms with Crippen LogP contribution < -0.4 is 14.4 Å². The minimum absolute atomic E-state index is 0.0231. The molecule has 1 aliphatic rings. The maximum Gasteiger partial charge on any atom is 0.177 e. The van der Waals surface area contributed by atoms with Gasteiger partial charge in [-0.15, -0.1) is 0 Å². The molecule has 1 aliphatic heterocycles. The number of hydrogen-bond donors (Lipinski definition) is 0. The molecule has 11 heteroatoms. The molecule has 0 N–H and O–H groups in total. The Labute approximate surface area is 198 Å². The predicted octanol–water partition coefficient (Wildman–Crippen LogP) is 4.02. The largest absolute Gasteiger partial charge is 0.494 e. The number of halogens is 3. The number of rotatable bonds is 5. The first kappa shape index (κ1) is 22.8. The Hall–Kier alpha value is -3.99. The van der Waals surface area contributed by atoms with Crippen molar-refractivity contribution in [3.63, 3.8) is 0 Å². The van der Waals surface area contributed by atoms with Crippen LogP contribution in [0.25, 0.3) is 33.5 Å².